The van der Waals surface area contributed by atoms with Crippen LogP contribution in [0.15, 0.2) is 34.3 Å². The smallest absolute Gasteiger partial charge is 0.105 e. The van der Waals surface area contributed by atoms with Crippen molar-refractivity contribution in [1.82, 2.24) is 4.90 Å². The molecule has 0 saturated carbocycles. The molecular weight excluding hydrogens is 294 g/mol. The fourth-order valence-corrected chi connectivity index (χ4v) is 3.61. The zero-order chi connectivity index (χ0) is 10.8. The molecule has 1 unspecified atom stereocenters. The van der Waals surface area contributed by atoms with Gasteiger partial charge in [0.1, 0.15) is 5.37 Å². The second-order valence-electron chi connectivity index (χ2n) is 3.29. The Balaban J connectivity index is 2.25. The highest BCUT2D eigenvalue weighted by Crippen LogP contribution is 2.46. The molecule has 1 aromatic rings. The lowest BCUT2D eigenvalue weighted by Gasteiger charge is -2.23. The van der Waals surface area contributed by atoms with Gasteiger partial charge < -0.3 is 4.90 Å². The van der Waals surface area contributed by atoms with Gasteiger partial charge in [0.05, 0.1) is 3.81 Å². The molecule has 0 saturated heterocycles. The first-order valence-corrected chi connectivity index (χ1v) is 6.81. The van der Waals surface area contributed by atoms with E-state index in [4.69, 9.17) is 11.6 Å². The lowest BCUT2D eigenvalue weighted by molar-refractivity contribution is 0.388. The molecular formula is C11H11BrClNS. The van der Waals surface area contributed by atoms with E-state index in [9.17, 15) is 0 Å². The van der Waals surface area contributed by atoms with Gasteiger partial charge in [-0.25, -0.2) is 0 Å². The van der Waals surface area contributed by atoms with Gasteiger partial charge in [0.2, 0.25) is 0 Å². The van der Waals surface area contributed by atoms with Crippen LogP contribution in [0.5, 0.6) is 0 Å². The van der Waals surface area contributed by atoms with Crippen molar-refractivity contribution in [1.29, 1.82) is 0 Å². The van der Waals surface area contributed by atoms with Crippen molar-refractivity contribution in [2.24, 2.45) is 0 Å². The average molecular weight is 305 g/mol. The van der Waals surface area contributed by atoms with E-state index in [0.717, 1.165) is 11.6 Å². The summed E-state index contributed by atoms with van der Waals surface area (Å²) in [7, 11) is 0. The third-order valence-corrected chi connectivity index (χ3v) is 4.39. The highest BCUT2D eigenvalue weighted by Gasteiger charge is 2.24. The summed E-state index contributed by atoms with van der Waals surface area (Å²) in [5, 5.41) is 1.15. The van der Waals surface area contributed by atoms with E-state index in [1.54, 1.807) is 11.8 Å². The van der Waals surface area contributed by atoms with Crippen LogP contribution in [0.2, 0.25) is 5.02 Å². The summed E-state index contributed by atoms with van der Waals surface area (Å²) >= 11 is 11.3. The largest absolute Gasteiger partial charge is 0.360 e. The number of halogens is 2. The maximum Gasteiger partial charge on any atom is 0.105 e. The predicted molar refractivity (Wildman–Crippen MR) is 71.2 cm³/mol. The van der Waals surface area contributed by atoms with Gasteiger partial charge in [-0.3, -0.25) is 0 Å². The zero-order valence-corrected chi connectivity index (χ0v) is 11.4. The standard InChI is InChI=1S/C11H11BrClNS/c1-2-14-7-10(12)15-11(14)8-4-3-5-9(13)6-8/h3-7,11H,2H2,1H3. The van der Waals surface area contributed by atoms with Crippen molar-refractivity contribution >= 4 is 39.3 Å². The topological polar surface area (TPSA) is 3.24 Å². The first-order valence-electron chi connectivity index (χ1n) is 4.76. The van der Waals surface area contributed by atoms with Gasteiger partial charge in [-0.05, 0) is 40.5 Å². The van der Waals surface area contributed by atoms with E-state index in [0.29, 0.717) is 5.37 Å². The summed E-state index contributed by atoms with van der Waals surface area (Å²) in [4.78, 5) is 2.29. The van der Waals surface area contributed by atoms with Gasteiger partial charge in [0.25, 0.3) is 0 Å². The second kappa shape index (κ2) is 4.81. The van der Waals surface area contributed by atoms with Crippen LogP contribution in [0.25, 0.3) is 0 Å². The number of rotatable bonds is 2. The molecule has 0 fully saturated rings. The van der Waals surface area contributed by atoms with Gasteiger partial charge in [-0.2, -0.15) is 0 Å². The zero-order valence-electron chi connectivity index (χ0n) is 8.28. The van der Waals surface area contributed by atoms with Crippen LogP contribution in [0.1, 0.15) is 17.9 Å². The molecule has 1 aliphatic heterocycles. The van der Waals surface area contributed by atoms with Crippen LogP contribution in [-0.2, 0) is 0 Å². The molecule has 0 aliphatic carbocycles. The Morgan fingerprint density at radius 1 is 1.53 bits per heavy atom. The van der Waals surface area contributed by atoms with E-state index in [1.807, 2.05) is 18.2 Å². The molecule has 0 aromatic heterocycles. The Morgan fingerprint density at radius 3 is 3.00 bits per heavy atom. The highest BCUT2D eigenvalue weighted by molar-refractivity contribution is 9.14. The van der Waals surface area contributed by atoms with Crippen LogP contribution >= 0.6 is 39.3 Å². The first-order chi connectivity index (χ1) is 7.20. The van der Waals surface area contributed by atoms with Crippen molar-refractivity contribution in [3.63, 3.8) is 0 Å². The van der Waals surface area contributed by atoms with Crippen LogP contribution in [-0.4, -0.2) is 11.4 Å². The summed E-state index contributed by atoms with van der Waals surface area (Å²) < 4.78 is 1.18. The summed E-state index contributed by atoms with van der Waals surface area (Å²) in [5.74, 6) is 0. The van der Waals surface area contributed by atoms with Gasteiger partial charge >= 0.3 is 0 Å². The lowest BCUT2D eigenvalue weighted by Crippen LogP contribution is -2.17. The van der Waals surface area contributed by atoms with Gasteiger partial charge in [-0.1, -0.05) is 35.5 Å². The van der Waals surface area contributed by atoms with E-state index in [1.165, 1.54) is 9.38 Å². The third kappa shape index (κ3) is 2.52. The molecule has 15 heavy (non-hydrogen) atoms. The number of hydrogen-bond acceptors (Lipinski definition) is 2. The number of thioether (sulfide) groups is 1. The molecule has 0 amide bonds. The molecule has 0 bridgehead atoms. The maximum atomic E-state index is 5.99. The highest BCUT2D eigenvalue weighted by atomic mass is 79.9. The van der Waals surface area contributed by atoms with Gasteiger partial charge in [0.15, 0.2) is 0 Å². The normalized spacial score (nSPS) is 20.6. The SMILES string of the molecule is CCN1C=C(Br)SC1c1cccc(Cl)c1. The summed E-state index contributed by atoms with van der Waals surface area (Å²) in [6.45, 7) is 3.15. The third-order valence-electron chi connectivity index (χ3n) is 2.29. The van der Waals surface area contributed by atoms with Gasteiger partial charge in [0, 0.05) is 17.8 Å². The number of hydrogen-bond donors (Lipinski definition) is 0. The summed E-state index contributed by atoms with van der Waals surface area (Å²) in [5.41, 5.74) is 1.25. The minimum atomic E-state index is 0.350. The summed E-state index contributed by atoms with van der Waals surface area (Å²) in [6.07, 6.45) is 2.14. The predicted octanol–water partition coefficient (Wildman–Crippen LogP) is 4.60. The molecule has 0 radical (unpaired) electrons. The molecule has 1 aromatic carbocycles. The van der Waals surface area contributed by atoms with E-state index < -0.39 is 0 Å². The minimum absolute atomic E-state index is 0.350. The van der Waals surface area contributed by atoms with E-state index in [2.05, 4.69) is 40.0 Å². The molecule has 1 atom stereocenters. The quantitative estimate of drug-likeness (QED) is 0.785. The Kier molecular flexibility index (Phi) is 3.65. The molecule has 1 nitrogen and oxygen atoms in total. The van der Waals surface area contributed by atoms with E-state index >= 15 is 0 Å². The monoisotopic (exact) mass is 303 g/mol. The van der Waals surface area contributed by atoms with Crippen molar-refractivity contribution in [2.45, 2.75) is 12.3 Å². The van der Waals surface area contributed by atoms with Crippen LogP contribution in [0, 0.1) is 0 Å². The van der Waals surface area contributed by atoms with Crippen LogP contribution in [0.4, 0.5) is 0 Å². The summed E-state index contributed by atoms with van der Waals surface area (Å²) in [6, 6.07) is 8.05. The second-order valence-corrected chi connectivity index (χ2v) is 6.23. The maximum absolute atomic E-state index is 5.99. The number of benzene rings is 1. The molecule has 0 spiro atoms. The van der Waals surface area contributed by atoms with E-state index in [-0.39, 0.29) is 0 Å². The van der Waals surface area contributed by atoms with Crippen molar-refractivity contribution in [3.05, 3.63) is 44.9 Å². The molecule has 1 heterocycles. The Morgan fingerprint density at radius 2 is 2.33 bits per heavy atom. The molecule has 0 N–H and O–H groups in total. The Hall–Kier alpha value is -0.120. The molecule has 1 aliphatic rings. The van der Waals surface area contributed by atoms with Crippen molar-refractivity contribution < 1.29 is 0 Å². The minimum Gasteiger partial charge on any atom is -0.360 e. The fraction of sp³-hybridized carbons (Fsp3) is 0.273. The van der Waals surface area contributed by atoms with Crippen molar-refractivity contribution in [2.75, 3.05) is 6.54 Å². The Labute approximate surface area is 108 Å². The first kappa shape index (κ1) is 11.4. The van der Waals surface area contributed by atoms with Crippen molar-refractivity contribution in [3.8, 4) is 0 Å². The van der Waals surface area contributed by atoms with Gasteiger partial charge in [-0.15, -0.1) is 0 Å². The molecule has 4 heteroatoms. The number of nitrogens with zero attached hydrogens (tertiary/aromatic N) is 1. The fourth-order valence-electron chi connectivity index (χ4n) is 1.58. The molecule has 80 valence electrons. The Bertz CT molecular complexity index is 394. The lowest BCUT2D eigenvalue weighted by atomic mass is 10.2. The molecule has 2 rings (SSSR count). The van der Waals surface area contributed by atoms with Crippen LogP contribution < -0.4 is 0 Å². The van der Waals surface area contributed by atoms with Crippen LogP contribution in [0.3, 0.4) is 0 Å². The average Bonchev–Trinajstić information content (AvgIpc) is 2.59.